The van der Waals surface area contributed by atoms with Crippen LogP contribution in [-0.4, -0.2) is 34.0 Å². The highest BCUT2D eigenvalue weighted by Crippen LogP contribution is 2.40. The molecule has 116 valence electrons. The Morgan fingerprint density at radius 2 is 2.36 bits per heavy atom. The van der Waals surface area contributed by atoms with E-state index in [1.54, 1.807) is 6.07 Å². The van der Waals surface area contributed by atoms with Gasteiger partial charge in [-0.1, -0.05) is 5.16 Å². The van der Waals surface area contributed by atoms with Gasteiger partial charge in [-0.05, 0) is 12.8 Å². The van der Waals surface area contributed by atoms with Crippen molar-refractivity contribution in [3.8, 4) is 0 Å². The molecule has 0 unspecified atom stereocenters. The molecule has 2 aromatic heterocycles. The van der Waals surface area contributed by atoms with Gasteiger partial charge < -0.3 is 14.6 Å². The summed E-state index contributed by atoms with van der Waals surface area (Å²) in [4.78, 5) is 12.0. The van der Waals surface area contributed by atoms with Crippen LogP contribution in [0.2, 0.25) is 0 Å². The number of amides is 1. The minimum atomic E-state index is -0.194. The lowest BCUT2D eigenvalue weighted by Gasteiger charge is -2.14. The first-order valence-electron chi connectivity index (χ1n) is 7.67. The van der Waals surface area contributed by atoms with E-state index in [1.165, 1.54) is 5.69 Å². The number of hydrogen-bond acceptors (Lipinski definition) is 5. The Labute approximate surface area is 127 Å². The number of nitrogens with one attached hydrogen (secondary N) is 1. The molecular weight excluding hydrogens is 284 g/mol. The van der Waals surface area contributed by atoms with Gasteiger partial charge in [-0.3, -0.25) is 9.48 Å². The molecule has 2 aliphatic rings. The summed E-state index contributed by atoms with van der Waals surface area (Å²) in [6.07, 6.45) is 4.97. The Hall–Kier alpha value is -2.15. The molecule has 1 amide bonds. The van der Waals surface area contributed by atoms with Crippen molar-refractivity contribution in [2.45, 2.75) is 38.3 Å². The second-order valence-electron chi connectivity index (χ2n) is 5.79. The first-order valence-corrected chi connectivity index (χ1v) is 7.67. The first kappa shape index (κ1) is 13.5. The van der Waals surface area contributed by atoms with Crippen LogP contribution in [0.15, 0.2) is 16.8 Å². The third-order valence-electron chi connectivity index (χ3n) is 4.13. The van der Waals surface area contributed by atoms with Crippen molar-refractivity contribution < 1.29 is 14.1 Å². The van der Waals surface area contributed by atoms with Crippen LogP contribution in [0.1, 0.15) is 46.3 Å². The fourth-order valence-corrected chi connectivity index (χ4v) is 2.73. The predicted molar refractivity (Wildman–Crippen MR) is 76.4 cm³/mol. The maximum atomic E-state index is 12.0. The highest BCUT2D eigenvalue weighted by Gasteiger charge is 2.28. The average molecular weight is 302 g/mol. The van der Waals surface area contributed by atoms with Crippen LogP contribution in [0.25, 0.3) is 0 Å². The van der Waals surface area contributed by atoms with Gasteiger partial charge >= 0.3 is 0 Å². The summed E-state index contributed by atoms with van der Waals surface area (Å²) >= 11 is 0. The lowest BCUT2D eigenvalue weighted by atomic mass is 10.2. The molecule has 1 aliphatic carbocycles. The molecular formula is C15H18N4O3. The summed E-state index contributed by atoms with van der Waals surface area (Å²) in [6.45, 7) is 2.52. The second kappa shape index (κ2) is 5.57. The van der Waals surface area contributed by atoms with E-state index in [0.717, 1.165) is 37.2 Å². The van der Waals surface area contributed by atoms with Gasteiger partial charge in [-0.25, -0.2) is 0 Å². The molecule has 4 rings (SSSR count). The van der Waals surface area contributed by atoms with E-state index in [9.17, 15) is 4.79 Å². The lowest BCUT2D eigenvalue weighted by Crippen LogP contribution is -2.28. The van der Waals surface area contributed by atoms with E-state index in [4.69, 9.17) is 9.26 Å². The van der Waals surface area contributed by atoms with Crippen molar-refractivity contribution in [1.29, 1.82) is 0 Å². The molecule has 22 heavy (non-hydrogen) atoms. The van der Waals surface area contributed by atoms with Crippen LogP contribution in [0.5, 0.6) is 0 Å². The summed E-state index contributed by atoms with van der Waals surface area (Å²) in [5, 5.41) is 11.1. The van der Waals surface area contributed by atoms with Gasteiger partial charge in [0.2, 0.25) is 0 Å². The third-order valence-corrected chi connectivity index (χ3v) is 4.13. The predicted octanol–water partition coefficient (Wildman–Crippen LogP) is 1.25. The van der Waals surface area contributed by atoms with Crippen LogP contribution in [0, 0.1) is 0 Å². The maximum absolute atomic E-state index is 12.0. The van der Waals surface area contributed by atoms with Gasteiger partial charge in [-0.2, -0.15) is 5.10 Å². The normalized spacial score (nSPS) is 17.3. The molecule has 0 aromatic carbocycles. The molecule has 2 aromatic rings. The Bertz CT molecular complexity index is 687. The summed E-state index contributed by atoms with van der Waals surface area (Å²) in [5.74, 6) is 1.10. The molecule has 1 fully saturated rings. The Morgan fingerprint density at radius 3 is 3.23 bits per heavy atom. The Kier molecular flexibility index (Phi) is 3.42. The van der Waals surface area contributed by atoms with Crippen LogP contribution in [-0.2, 0) is 24.3 Å². The number of rotatable bonds is 5. The highest BCUT2D eigenvalue weighted by atomic mass is 16.5. The number of carbonyl (C=O) groups excluding carboxylic acids is 1. The van der Waals surface area contributed by atoms with Crippen molar-refractivity contribution in [2.75, 3.05) is 13.2 Å². The molecule has 3 heterocycles. The fourth-order valence-electron chi connectivity index (χ4n) is 2.73. The molecule has 1 aliphatic heterocycles. The van der Waals surface area contributed by atoms with Crippen molar-refractivity contribution in [3.63, 3.8) is 0 Å². The molecule has 7 heteroatoms. The number of aromatic nitrogens is 3. The van der Waals surface area contributed by atoms with Crippen molar-refractivity contribution >= 4 is 5.91 Å². The standard InChI is InChI=1S/C15H18N4O3/c20-15(12-7-14(22-18-12)10-1-2-10)16-4-5-19-13-3-6-21-9-11(13)8-17-19/h7-8,10H,1-6,9H2,(H,16,20). The third kappa shape index (κ3) is 2.64. The quantitative estimate of drug-likeness (QED) is 0.899. The van der Waals surface area contributed by atoms with E-state index in [2.05, 4.69) is 15.6 Å². The minimum Gasteiger partial charge on any atom is -0.376 e. The number of fused-ring (bicyclic) bond motifs is 1. The summed E-state index contributed by atoms with van der Waals surface area (Å²) < 4.78 is 12.5. The molecule has 7 nitrogen and oxygen atoms in total. The van der Waals surface area contributed by atoms with E-state index in [-0.39, 0.29) is 5.91 Å². The van der Waals surface area contributed by atoms with E-state index < -0.39 is 0 Å². The molecule has 0 bridgehead atoms. The Balaban J connectivity index is 1.32. The number of hydrogen-bond donors (Lipinski definition) is 1. The maximum Gasteiger partial charge on any atom is 0.273 e. The number of ether oxygens (including phenoxy) is 1. The van der Waals surface area contributed by atoms with E-state index in [1.807, 2.05) is 10.9 Å². The van der Waals surface area contributed by atoms with Gasteiger partial charge in [0.05, 0.1) is 26.0 Å². The van der Waals surface area contributed by atoms with Crippen molar-refractivity contribution in [1.82, 2.24) is 20.3 Å². The monoisotopic (exact) mass is 302 g/mol. The van der Waals surface area contributed by atoms with Crippen molar-refractivity contribution in [2.24, 2.45) is 0 Å². The molecule has 1 N–H and O–H groups in total. The largest absolute Gasteiger partial charge is 0.376 e. The smallest absolute Gasteiger partial charge is 0.273 e. The minimum absolute atomic E-state index is 0.194. The summed E-state index contributed by atoms with van der Waals surface area (Å²) in [6, 6.07) is 1.75. The molecule has 0 saturated heterocycles. The second-order valence-corrected chi connectivity index (χ2v) is 5.79. The van der Waals surface area contributed by atoms with Crippen LogP contribution in [0.4, 0.5) is 0 Å². The van der Waals surface area contributed by atoms with Crippen molar-refractivity contribution in [3.05, 3.63) is 35.0 Å². The SMILES string of the molecule is O=C(NCCn1ncc2c1CCOC2)c1cc(C2CC2)on1. The van der Waals surface area contributed by atoms with Crippen LogP contribution >= 0.6 is 0 Å². The van der Waals surface area contributed by atoms with E-state index in [0.29, 0.717) is 31.3 Å². The fraction of sp³-hybridized carbons (Fsp3) is 0.533. The van der Waals surface area contributed by atoms with Crippen LogP contribution in [0.3, 0.4) is 0 Å². The molecule has 1 saturated carbocycles. The number of carbonyl (C=O) groups is 1. The molecule has 0 spiro atoms. The lowest BCUT2D eigenvalue weighted by molar-refractivity contribution is 0.0941. The van der Waals surface area contributed by atoms with Gasteiger partial charge in [0, 0.05) is 36.2 Å². The molecule has 0 radical (unpaired) electrons. The van der Waals surface area contributed by atoms with Gasteiger partial charge in [0.1, 0.15) is 5.76 Å². The zero-order valence-corrected chi connectivity index (χ0v) is 12.2. The van der Waals surface area contributed by atoms with Gasteiger partial charge in [0.25, 0.3) is 5.91 Å². The van der Waals surface area contributed by atoms with E-state index >= 15 is 0 Å². The topological polar surface area (TPSA) is 82.2 Å². The van der Waals surface area contributed by atoms with Gasteiger partial charge in [0.15, 0.2) is 5.69 Å². The first-order chi connectivity index (χ1) is 10.8. The Morgan fingerprint density at radius 1 is 1.45 bits per heavy atom. The zero-order valence-electron chi connectivity index (χ0n) is 12.2. The molecule has 0 atom stereocenters. The highest BCUT2D eigenvalue weighted by molar-refractivity contribution is 5.92. The average Bonchev–Trinajstić information content (AvgIpc) is 3.13. The summed E-state index contributed by atoms with van der Waals surface area (Å²) in [7, 11) is 0. The summed E-state index contributed by atoms with van der Waals surface area (Å²) in [5.41, 5.74) is 2.71. The van der Waals surface area contributed by atoms with Crippen LogP contribution < -0.4 is 5.32 Å². The number of nitrogens with zero attached hydrogens (tertiary/aromatic N) is 3. The zero-order chi connectivity index (χ0) is 14.9. The van der Waals surface area contributed by atoms with Gasteiger partial charge in [-0.15, -0.1) is 0 Å².